The maximum atomic E-state index is 5.30. The van der Waals surface area contributed by atoms with Crippen molar-refractivity contribution in [1.82, 2.24) is 0 Å². The molecule has 0 aliphatic heterocycles. The van der Waals surface area contributed by atoms with E-state index >= 15 is 0 Å². The Labute approximate surface area is 53.9 Å². The average Bonchev–Trinajstić information content (AvgIpc) is 1.59. The van der Waals surface area contributed by atoms with Gasteiger partial charge < -0.3 is 0 Å². The third kappa shape index (κ3) is 6.40. The van der Waals surface area contributed by atoms with Crippen molar-refractivity contribution in [3.8, 4) is 0 Å². The smallest absolute Gasteiger partial charge is 0.165 e. The van der Waals surface area contributed by atoms with E-state index in [0.717, 1.165) is 5.75 Å². The third-order valence-corrected chi connectivity index (χ3v) is 3.04. The van der Waals surface area contributed by atoms with Crippen molar-refractivity contribution in [3.63, 3.8) is 0 Å². The van der Waals surface area contributed by atoms with Gasteiger partial charge in [-0.15, -0.1) is 6.58 Å². The molecule has 0 unspecified atom stereocenters. The molecule has 0 heterocycles. The second kappa shape index (κ2) is 3.43. The van der Waals surface area contributed by atoms with Crippen LogP contribution in [0, 0.1) is 0 Å². The molecule has 0 rings (SSSR count). The van der Waals surface area contributed by atoms with E-state index < -0.39 is 6.92 Å². The summed E-state index contributed by atoms with van der Waals surface area (Å²) in [6.45, 7) is 1.41. The first kappa shape index (κ1) is 8.40. The molecule has 6 N–H and O–H groups in total. The van der Waals surface area contributed by atoms with Crippen LogP contribution in [0.3, 0.4) is 0 Å². The van der Waals surface area contributed by atoms with Gasteiger partial charge in [0.25, 0.3) is 6.92 Å². The van der Waals surface area contributed by atoms with Crippen LogP contribution in [0.25, 0.3) is 0 Å². The summed E-state index contributed by atoms with van der Waals surface area (Å²) in [7, 11) is 0. The van der Waals surface area contributed by atoms with Crippen molar-refractivity contribution < 1.29 is 0 Å². The van der Waals surface area contributed by atoms with Crippen molar-refractivity contribution in [3.05, 3.63) is 12.7 Å². The third-order valence-electron chi connectivity index (χ3n) is 0.416. The first-order valence-electron chi connectivity index (χ1n) is 2.06. The fraction of sp³-hybridized carbons (Fsp3) is 0.333. The van der Waals surface area contributed by atoms with Crippen molar-refractivity contribution in [2.24, 2.45) is 16.5 Å². The molecule has 0 aromatic rings. The molecular formula is C3H11N3PS+. The first-order chi connectivity index (χ1) is 3.56. The molecular weight excluding hydrogens is 141 g/mol. The molecule has 5 heteroatoms. The van der Waals surface area contributed by atoms with E-state index in [1.54, 1.807) is 6.08 Å². The summed E-state index contributed by atoms with van der Waals surface area (Å²) in [6, 6.07) is 0. The number of hydrogen-bond acceptors (Lipinski definition) is 4. The van der Waals surface area contributed by atoms with Gasteiger partial charge >= 0.3 is 0 Å². The van der Waals surface area contributed by atoms with Crippen molar-refractivity contribution in [2.75, 3.05) is 5.75 Å². The van der Waals surface area contributed by atoms with Crippen LogP contribution in [0.5, 0.6) is 0 Å². The largest absolute Gasteiger partial charge is 0.275 e. The van der Waals surface area contributed by atoms with Crippen LogP contribution in [-0.4, -0.2) is 5.75 Å². The molecule has 0 aliphatic rings. The zero-order chi connectivity index (χ0) is 6.62. The number of hydrogen-bond donors (Lipinski definition) is 3. The summed E-state index contributed by atoms with van der Waals surface area (Å²) in [5, 5.41) is 0. The quantitative estimate of drug-likeness (QED) is 0.405. The lowest BCUT2D eigenvalue weighted by atomic mass is 10.8. The van der Waals surface area contributed by atoms with Gasteiger partial charge in [-0.3, -0.25) is 0 Å². The van der Waals surface area contributed by atoms with E-state index in [0.29, 0.717) is 0 Å². The van der Waals surface area contributed by atoms with Crippen LogP contribution in [-0.2, 0) is 0 Å². The molecule has 8 heavy (non-hydrogen) atoms. The van der Waals surface area contributed by atoms with Gasteiger partial charge in [-0.1, -0.05) is 6.08 Å². The Kier molecular flexibility index (Phi) is 3.60. The summed E-state index contributed by atoms with van der Waals surface area (Å²) >= 11 is 1.36. The van der Waals surface area contributed by atoms with Crippen LogP contribution < -0.4 is 16.5 Å². The van der Waals surface area contributed by atoms with Crippen LogP contribution in [0.2, 0.25) is 0 Å². The SMILES string of the molecule is C=CCS[P+](N)(N)N. The van der Waals surface area contributed by atoms with E-state index in [9.17, 15) is 0 Å². The fourth-order valence-corrected chi connectivity index (χ4v) is 1.64. The normalized spacial score (nSPS) is 11.4. The second-order valence-corrected chi connectivity index (χ2v) is 6.14. The molecule has 0 bridgehead atoms. The number of nitrogens with two attached hydrogens (primary N) is 3. The predicted molar refractivity (Wildman–Crippen MR) is 42.1 cm³/mol. The van der Waals surface area contributed by atoms with Gasteiger partial charge in [0, 0.05) is 0 Å². The average molecular weight is 152 g/mol. The molecule has 0 amide bonds. The zero-order valence-corrected chi connectivity index (χ0v) is 6.29. The van der Waals surface area contributed by atoms with Crippen LogP contribution in [0.15, 0.2) is 12.7 Å². The van der Waals surface area contributed by atoms with Gasteiger partial charge in [-0.05, 0) is 0 Å². The Morgan fingerprint density at radius 3 is 2.12 bits per heavy atom. The maximum absolute atomic E-state index is 5.30. The molecule has 0 aromatic heterocycles. The highest BCUT2D eigenvalue weighted by Crippen LogP contribution is 2.46. The fourth-order valence-electron chi connectivity index (χ4n) is 0.182. The Hall–Kier alpha value is 0.400. The topological polar surface area (TPSA) is 78.1 Å². The van der Waals surface area contributed by atoms with Crippen LogP contribution >= 0.6 is 18.3 Å². The molecule has 0 saturated carbocycles. The molecule has 0 aliphatic carbocycles. The molecule has 48 valence electrons. The van der Waals surface area contributed by atoms with E-state index in [1.807, 2.05) is 0 Å². The van der Waals surface area contributed by atoms with E-state index in [2.05, 4.69) is 6.58 Å². The molecule has 0 saturated heterocycles. The Morgan fingerprint density at radius 2 is 2.00 bits per heavy atom. The molecule has 0 radical (unpaired) electrons. The zero-order valence-electron chi connectivity index (χ0n) is 4.58. The standard InChI is InChI=1S/C3H11N3PS/c1-2-3-8-7(4,5)6/h2H,1,3-6H2/q+1. The van der Waals surface area contributed by atoms with Gasteiger partial charge in [-0.2, -0.15) is 16.5 Å². The Balaban J connectivity index is 3.24. The maximum Gasteiger partial charge on any atom is 0.275 e. The second-order valence-electron chi connectivity index (χ2n) is 1.35. The molecule has 0 atom stereocenters. The Bertz CT molecular complexity index is 79.1. The summed E-state index contributed by atoms with van der Waals surface area (Å²) in [4.78, 5) is 0. The van der Waals surface area contributed by atoms with Crippen LogP contribution in [0.4, 0.5) is 0 Å². The lowest BCUT2D eigenvalue weighted by Crippen LogP contribution is -2.18. The highest BCUT2D eigenvalue weighted by Gasteiger charge is 2.20. The highest BCUT2D eigenvalue weighted by atomic mass is 32.7. The molecule has 0 fully saturated rings. The monoisotopic (exact) mass is 152 g/mol. The highest BCUT2D eigenvalue weighted by molar-refractivity contribution is 8.60. The molecule has 0 aromatic carbocycles. The summed E-state index contributed by atoms with van der Waals surface area (Å²) in [6.07, 6.45) is 1.73. The van der Waals surface area contributed by atoms with Crippen molar-refractivity contribution in [1.29, 1.82) is 0 Å². The van der Waals surface area contributed by atoms with Gasteiger partial charge in [0.15, 0.2) is 0 Å². The molecule has 0 spiro atoms. The summed E-state index contributed by atoms with van der Waals surface area (Å²) < 4.78 is 0. The lowest BCUT2D eigenvalue weighted by molar-refractivity contribution is 1.66. The van der Waals surface area contributed by atoms with E-state index in [-0.39, 0.29) is 0 Å². The molecule has 3 nitrogen and oxygen atoms in total. The van der Waals surface area contributed by atoms with Gasteiger partial charge in [0.2, 0.25) is 0 Å². The summed E-state index contributed by atoms with van der Waals surface area (Å²) in [5.74, 6) is 0.733. The van der Waals surface area contributed by atoms with Crippen LogP contribution in [0.1, 0.15) is 0 Å². The van der Waals surface area contributed by atoms with E-state index in [4.69, 9.17) is 16.5 Å². The minimum atomic E-state index is -2.09. The minimum absolute atomic E-state index is 0.733. The van der Waals surface area contributed by atoms with Gasteiger partial charge in [-0.25, -0.2) is 0 Å². The minimum Gasteiger partial charge on any atom is -0.165 e. The summed E-state index contributed by atoms with van der Waals surface area (Å²) in [5.41, 5.74) is 15.9. The number of rotatable bonds is 3. The van der Waals surface area contributed by atoms with E-state index in [1.165, 1.54) is 11.4 Å². The van der Waals surface area contributed by atoms with Crippen molar-refractivity contribution >= 4 is 18.3 Å². The lowest BCUT2D eigenvalue weighted by Gasteiger charge is -2.03. The van der Waals surface area contributed by atoms with Crippen molar-refractivity contribution in [2.45, 2.75) is 0 Å². The predicted octanol–water partition coefficient (Wildman–Crippen LogP) is 0.459. The van der Waals surface area contributed by atoms with Gasteiger partial charge in [0.1, 0.15) is 0 Å². The van der Waals surface area contributed by atoms with Gasteiger partial charge in [0.05, 0.1) is 17.1 Å². The first-order valence-corrected chi connectivity index (χ1v) is 5.65. The Morgan fingerprint density at radius 1 is 1.50 bits per heavy atom.